The third-order valence-electron chi connectivity index (χ3n) is 5.13. The molecule has 0 saturated carbocycles. The van der Waals surface area contributed by atoms with Crippen LogP contribution in [0.4, 0.5) is 5.69 Å². The van der Waals surface area contributed by atoms with Crippen LogP contribution in [0.1, 0.15) is 35.6 Å². The summed E-state index contributed by atoms with van der Waals surface area (Å²) in [5.74, 6) is 0.639. The molecule has 0 spiro atoms. The van der Waals surface area contributed by atoms with Gasteiger partial charge in [0.1, 0.15) is 11.9 Å². The van der Waals surface area contributed by atoms with E-state index < -0.39 is 0 Å². The van der Waals surface area contributed by atoms with Gasteiger partial charge in [0.2, 0.25) is 0 Å². The van der Waals surface area contributed by atoms with Crippen LogP contribution in [0.25, 0.3) is 10.9 Å². The average Bonchev–Trinajstić information content (AvgIpc) is 2.79. The maximum absolute atomic E-state index is 12.5. The first-order valence-electron chi connectivity index (χ1n) is 9.67. The molecule has 0 amide bonds. The lowest BCUT2D eigenvalue weighted by molar-refractivity contribution is 0.788. The number of pyridine rings is 2. The van der Waals surface area contributed by atoms with Crippen LogP contribution in [-0.2, 0) is 13.5 Å². The fourth-order valence-electron chi connectivity index (χ4n) is 3.49. The van der Waals surface area contributed by atoms with Crippen molar-refractivity contribution >= 4 is 28.2 Å². The zero-order valence-corrected chi connectivity index (χ0v) is 17.8. The molecular weight excluding hydrogens is 412 g/mol. The van der Waals surface area contributed by atoms with Crippen LogP contribution in [0.3, 0.4) is 0 Å². The van der Waals surface area contributed by atoms with E-state index in [0.717, 1.165) is 22.0 Å². The highest BCUT2D eigenvalue weighted by molar-refractivity contribution is 6.32. The second kappa shape index (κ2) is 8.54. The summed E-state index contributed by atoms with van der Waals surface area (Å²) in [6, 6.07) is 12.9. The van der Waals surface area contributed by atoms with Crippen molar-refractivity contribution in [1.29, 1.82) is 5.26 Å². The van der Waals surface area contributed by atoms with Crippen molar-refractivity contribution in [2.24, 2.45) is 7.05 Å². The second-order valence-corrected chi connectivity index (χ2v) is 7.58. The Kier molecular flexibility index (Phi) is 5.65. The van der Waals surface area contributed by atoms with E-state index >= 15 is 0 Å². The van der Waals surface area contributed by atoms with Crippen molar-refractivity contribution in [3.05, 3.63) is 93.0 Å². The van der Waals surface area contributed by atoms with Gasteiger partial charge in [-0.05, 0) is 48.7 Å². The third-order valence-corrected chi connectivity index (χ3v) is 5.55. The minimum Gasteiger partial charge on any atom is -0.375 e. The van der Waals surface area contributed by atoms with Crippen molar-refractivity contribution < 1.29 is 0 Å². The first-order valence-corrected chi connectivity index (χ1v) is 10.1. The predicted octanol–water partition coefficient (Wildman–Crippen LogP) is 4.01. The fourth-order valence-corrected chi connectivity index (χ4v) is 3.71. The summed E-state index contributed by atoms with van der Waals surface area (Å²) in [6.45, 7) is 1.95. The molecule has 154 valence electrons. The second-order valence-electron chi connectivity index (χ2n) is 7.20. The van der Waals surface area contributed by atoms with Crippen molar-refractivity contribution in [3.8, 4) is 6.07 Å². The van der Waals surface area contributed by atoms with Gasteiger partial charge >= 0.3 is 0 Å². The van der Waals surface area contributed by atoms with Gasteiger partial charge in [0.25, 0.3) is 5.56 Å². The molecule has 1 unspecified atom stereocenters. The van der Waals surface area contributed by atoms with Gasteiger partial charge in [-0.1, -0.05) is 17.7 Å². The number of halogens is 1. The van der Waals surface area contributed by atoms with Crippen LogP contribution in [0.15, 0.2) is 59.8 Å². The zero-order chi connectivity index (χ0) is 22.0. The highest BCUT2D eigenvalue weighted by atomic mass is 35.5. The summed E-state index contributed by atoms with van der Waals surface area (Å²) in [5.41, 5.74) is 3.42. The molecule has 7 nitrogen and oxygen atoms in total. The molecule has 0 saturated heterocycles. The summed E-state index contributed by atoms with van der Waals surface area (Å²) in [6.07, 6.45) is 5.49. The van der Waals surface area contributed by atoms with Crippen molar-refractivity contribution in [3.63, 3.8) is 0 Å². The summed E-state index contributed by atoms with van der Waals surface area (Å²) in [5, 5.41) is 13.8. The standard InChI is InChI=1S/C23H19ClN6O/c1-14(23-27-7-3-8-28-23)29-18-12-21(31)30(2)20-5-4-15(11-17(18)20)10-16-6-9-26-19(13-25)22(16)24/h3-9,11-12,14,29H,10H2,1-2H3. The van der Waals surface area contributed by atoms with Gasteiger partial charge in [-0.2, -0.15) is 5.26 Å². The molecule has 31 heavy (non-hydrogen) atoms. The predicted molar refractivity (Wildman–Crippen MR) is 120 cm³/mol. The first-order chi connectivity index (χ1) is 15.0. The fraction of sp³-hybridized carbons (Fsp3) is 0.174. The molecule has 0 bridgehead atoms. The van der Waals surface area contributed by atoms with Gasteiger partial charge in [-0.15, -0.1) is 0 Å². The van der Waals surface area contributed by atoms with E-state index in [1.807, 2.05) is 37.3 Å². The number of anilines is 1. The number of rotatable bonds is 5. The lowest BCUT2D eigenvalue weighted by Gasteiger charge is -2.17. The summed E-state index contributed by atoms with van der Waals surface area (Å²) < 4.78 is 1.61. The van der Waals surface area contributed by atoms with Crippen LogP contribution in [0.5, 0.6) is 0 Å². The Balaban J connectivity index is 1.76. The highest BCUT2D eigenvalue weighted by Gasteiger charge is 2.14. The lowest BCUT2D eigenvalue weighted by Crippen LogP contribution is -2.19. The molecule has 0 radical (unpaired) electrons. The molecule has 4 aromatic rings. The number of aryl methyl sites for hydroxylation is 1. The third kappa shape index (κ3) is 4.11. The summed E-state index contributed by atoms with van der Waals surface area (Å²) in [4.78, 5) is 25.1. The number of hydrogen-bond acceptors (Lipinski definition) is 6. The van der Waals surface area contributed by atoms with E-state index in [9.17, 15) is 10.1 Å². The molecule has 1 atom stereocenters. The van der Waals surface area contributed by atoms with Crippen molar-refractivity contribution in [2.45, 2.75) is 19.4 Å². The lowest BCUT2D eigenvalue weighted by atomic mass is 10.0. The van der Waals surface area contributed by atoms with E-state index in [4.69, 9.17) is 11.6 Å². The molecule has 1 N–H and O–H groups in total. The van der Waals surface area contributed by atoms with E-state index in [0.29, 0.717) is 23.0 Å². The van der Waals surface area contributed by atoms with Crippen LogP contribution in [0.2, 0.25) is 5.02 Å². The molecule has 1 aromatic carbocycles. The number of nitriles is 1. The topological polar surface area (TPSA) is 96.5 Å². The molecule has 8 heteroatoms. The number of aromatic nitrogens is 4. The highest BCUT2D eigenvalue weighted by Crippen LogP contribution is 2.28. The minimum atomic E-state index is -0.187. The minimum absolute atomic E-state index is 0.111. The number of benzene rings is 1. The maximum atomic E-state index is 12.5. The number of nitrogens with one attached hydrogen (secondary N) is 1. The largest absolute Gasteiger partial charge is 0.375 e. The maximum Gasteiger partial charge on any atom is 0.252 e. The van der Waals surface area contributed by atoms with Crippen molar-refractivity contribution in [1.82, 2.24) is 19.5 Å². The Morgan fingerprint density at radius 2 is 1.94 bits per heavy atom. The number of hydrogen-bond donors (Lipinski definition) is 1. The van der Waals surface area contributed by atoms with E-state index in [2.05, 4.69) is 20.3 Å². The van der Waals surface area contributed by atoms with Crippen molar-refractivity contribution in [2.75, 3.05) is 5.32 Å². The van der Waals surface area contributed by atoms with Gasteiger partial charge in [0.15, 0.2) is 5.69 Å². The molecule has 0 aliphatic rings. The smallest absolute Gasteiger partial charge is 0.252 e. The Morgan fingerprint density at radius 1 is 1.16 bits per heavy atom. The van der Waals surface area contributed by atoms with Gasteiger partial charge in [0, 0.05) is 42.8 Å². The summed E-state index contributed by atoms with van der Waals surface area (Å²) >= 11 is 6.33. The van der Waals surface area contributed by atoms with E-state index in [-0.39, 0.29) is 17.3 Å². The Labute approximate surface area is 184 Å². The molecule has 3 aromatic heterocycles. The monoisotopic (exact) mass is 430 g/mol. The molecule has 4 rings (SSSR count). The number of fused-ring (bicyclic) bond motifs is 1. The van der Waals surface area contributed by atoms with Crippen LogP contribution >= 0.6 is 11.6 Å². The molecule has 0 aliphatic carbocycles. The van der Waals surface area contributed by atoms with Crippen LogP contribution in [0, 0.1) is 11.3 Å². The molecular formula is C23H19ClN6O. The van der Waals surface area contributed by atoms with Crippen LogP contribution in [-0.4, -0.2) is 19.5 Å². The van der Waals surface area contributed by atoms with Gasteiger partial charge in [-0.25, -0.2) is 15.0 Å². The molecule has 0 aliphatic heterocycles. The van der Waals surface area contributed by atoms with Gasteiger partial charge < -0.3 is 9.88 Å². The SMILES string of the molecule is CC(Nc1cc(=O)n(C)c2ccc(Cc3ccnc(C#N)c3Cl)cc12)c1ncccn1. The number of nitrogens with zero attached hydrogens (tertiary/aromatic N) is 5. The van der Waals surface area contributed by atoms with Gasteiger partial charge in [-0.3, -0.25) is 4.79 Å². The normalized spacial score (nSPS) is 11.8. The average molecular weight is 431 g/mol. The summed E-state index contributed by atoms with van der Waals surface area (Å²) in [7, 11) is 1.75. The molecule has 0 fully saturated rings. The van der Waals surface area contributed by atoms with E-state index in [1.165, 1.54) is 0 Å². The quantitative estimate of drug-likeness (QED) is 0.513. The Bertz CT molecular complexity index is 1360. The Morgan fingerprint density at radius 3 is 2.68 bits per heavy atom. The van der Waals surface area contributed by atoms with Gasteiger partial charge in [0.05, 0.1) is 16.6 Å². The van der Waals surface area contributed by atoms with E-state index in [1.54, 1.807) is 42.3 Å². The van der Waals surface area contributed by atoms with Crippen LogP contribution < -0.4 is 10.9 Å². The zero-order valence-electron chi connectivity index (χ0n) is 17.0. The first kappa shape index (κ1) is 20.5. The Hall–Kier alpha value is -3.76. The molecule has 3 heterocycles.